The molecule has 7 nitrogen and oxygen atoms in total. The molecule has 0 spiro atoms. The van der Waals surface area contributed by atoms with Gasteiger partial charge in [0.1, 0.15) is 0 Å². The normalized spacial score (nSPS) is 13.8. The van der Waals surface area contributed by atoms with E-state index in [9.17, 15) is 14.4 Å². The number of urea groups is 1. The first-order valence-corrected chi connectivity index (χ1v) is 9.08. The van der Waals surface area contributed by atoms with Crippen LogP contribution >= 0.6 is 0 Å². The van der Waals surface area contributed by atoms with Gasteiger partial charge in [0.05, 0.1) is 12.7 Å². The maximum atomic E-state index is 12.6. The van der Waals surface area contributed by atoms with Crippen molar-refractivity contribution >= 4 is 23.6 Å². The molecule has 1 aliphatic heterocycles. The molecular formula is C21H23N3O4. The molecule has 146 valence electrons. The van der Waals surface area contributed by atoms with Crippen molar-refractivity contribution in [1.29, 1.82) is 0 Å². The van der Waals surface area contributed by atoms with E-state index in [1.54, 1.807) is 34.1 Å². The van der Waals surface area contributed by atoms with Crippen LogP contribution in [0.25, 0.3) is 0 Å². The van der Waals surface area contributed by atoms with Gasteiger partial charge in [0.15, 0.2) is 0 Å². The van der Waals surface area contributed by atoms with Gasteiger partial charge in [-0.05, 0) is 48.9 Å². The second-order valence-electron chi connectivity index (χ2n) is 6.65. The van der Waals surface area contributed by atoms with Gasteiger partial charge in [0.25, 0.3) is 5.91 Å². The fourth-order valence-corrected chi connectivity index (χ4v) is 3.09. The van der Waals surface area contributed by atoms with Crippen LogP contribution in [-0.4, -0.2) is 61.0 Å². The highest BCUT2D eigenvalue weighted by molar-refractivity contribution is 5.96. The van der Waals surface area contributed by atoms with E-state index in [-0.39, 0.29) is 11.9 Å². The summed E-state index contributed by atoms with van der Waals surface area (Å²) in [6.07, 6.45) is 0. The minimum absolute atomic E-state index is 0.116. The van der Waals surface area contributed by atoms with Crippen molar-refractivity contribution in [3.05, 3.63) is 65.2 Å². The van der Waals surface area contributed by atoms with Crippen LogP contribution in [-0.2, 0) is 4.74 Å². The third-order valence-corrected chi connectivity index (χ3v) is 4.68. The molecule has 0 radical (unpaired) electrons. The van der Waals surface area contributed by atoms with Gasteiger partial charge in [-0.2, -0.15) is 0 Å². The van der Waals surface area contributed by atoms with Crippen molar-refractivity contribution in [3.63, 3.8) is 0 Å². The Bertz CT molecular complexity index is 871. The maximum absolute atomic E-state index is 12.6. The number of aryl methyl sites for hydroxylation is 1. The molecule has 0 aliphatic carbocycles. The number of carbonyl (C=O) groups is 3. The summed E-state index contributed by atoms with van der Waals surface area (Å²) in [5.41, 5.74) is 2.74. The number of methoxy groups -OCH3 is 1. The second kappa shape index (κ2) is 8.56. The molecule has 0 aromatic heterocycles. The summed E-state index contributed by atoms with van der Waals surface area (Å²) in [6, 6.07) is 13.8. The molecule has 3 rings (SSSR count). The zero-order chi connectivity index (χ0) is 20.1. The van der Waals surface area contributed by atoms with E-state index in [2.05, 4.69) is 10.1 Å². The highest BCUT2D eigenvalue weighted by atomic mass is 16.5. The number of carbonyl (C=O) groups excluding carboxylic acids is 3. The van der Waals surface area contributed by atoms with E-state index in [1.807, 2.05) is 31.2 Å². The van der Waals surface area contributed by atoms with Gasteiger partial charge >= 0.3 is 12.0 Å². The van der Waals surface area contributed by atoms with Gasteiger partial charge in [0.2, 0.25) is 0 Å². The van der Waals surface area contributed by atoms with Crippen LogP contribution in [0.15, 0.2) is 48.5 Å². The second-order valence-corrected chi connectivity index (χ2v) is 6.65. The van der Waals surface area contributed by atoms with E-state index in [0.29, 0.717) is 37.3 Å². The molecule has 2 aromatic rings. The lowest BCUT2D eigenvalue weighted by atomic mass is 10.1. The number of piperazine rings is 1. The molecule has 1 aliphatic rings. The van der Waals surface area contributed by atoms with Crippen LogP contribution in [0.3, 0.4) is 0 Å². The molecule has 0 saturated carbocycles. The van der Waals surface area contributed by atoms with Crippen LogP contribution in [0.5, 0.6) is 0 Å². The zero-order valence-corrected chi connectivity index (χ0v) is 16.0. The third kappa shape index (κ3) is 4.49. The number of benzene rings is 2. The Labute approximate surface area is 163 Å². The van der Waals surface area contributed by atoms with Crippen molar-refractivity contribution in [2.24, 2.45) is 0 Å². The van der Waals surface area contributed by atoms with Gasteiger partial charge < -0.3 is 19.9 Å². The van der Waals surface area contributed by atoms with Crippen LogP contribution in [0, 0.1) is 6.92 Å². The molecule has 0 bridgehead atoms. The van der Waals surface area contributed by atoms with Crippen LogP contribution < -0.4 is 5.32 Å². The highest BCUT2D eigenvalue weighted by Gasteiger charge is 2.25. The number of nitrogens with zero attached hydrogens (tertiary/aromatic N) is 2. The van der Waals surface area contributed by atoms with Crippen molar-refractivity contribution in [1.82, 2.24) is 9.80 Å². The summed E-state index contributed by atoms with van der Waals surface area (Å²) < 4.78 is 4.66. The SMILES string of the molecule is COC(=O)c1ccc(C(=O)N2CCN(C(=O)Nc3cccc(C)c3)CC2)cc1. The molecule has 1 N–H and O–H groups in total. The fourth-order valence-electron chi connectivity index (χ4n) is 3.09. The number of rotatable bonds is 3. The topological polar surface area (TPSA) is 79.0 Å². The minimum Gasteiger partial charge on any atom is -0.465 e. The number of anilines is 1. The number of hydrogen-bond acceptors (Lipinski definition) is 4. The average Bonchev–Trinajstić information content (AvgIpc) is 2.73. The minimum atomic E-state index is -0.438. The quantitative estimate of drug-likeness (QED) is 0.830. The maximum Gasteiger partial charge on any atom is 0.337 e. The Hall–Kier alpha value is -3.35. The predicted octanol–water partition coefficient (Wildman–Crippen LogP) is 2.77. The standard InChI is InChI=1S/C21H23N3O4/c1-15-4-3-5-18(14-15)22-21(27)24-12-10-23(11-13-24)19(25)16-6-8-17(9-7-16)20(26)28-2/h3-9,14H,10-13H2,1-2H3,(H,22,27). The molecule has 1 saturated heterocycles. The smallest absolute Gasteiger partial charge is 0.337 e. The highest BCUT2D eigenvalue weighted by Crippen LogP contribution is 2.14. The summed E-state index contributed by atoms with van der Waals surface area (Å²) in [5, 5.41) is 2.89. The number of ether oxygens (including phenoxy) is 1. The molecule has 1 fully saturated rings. The van der Waals surface area contributed by atoms with E-state index >= 15 is 0 Å². The lowest BCUT2D eigenvalue weighted by Gasteiger charge is -2.34. The van der Waals surface area contributed by atoms with Crippen LogP contribution in [0.2, 0.25) is 0 Å². The van der Waals surface area contributed by atoms with Crippen molar-refractivity contribution in [3.8, 4) is 0 Å². The average molecular weight is 381 g/mol. The molecule has 0 unspecified atom stereocenters. The van der Waals surface area contributed by atoms with E-state index in [1.165, 1.54) is 7.11 Å². The Morgan fingerprint density at radius 3 is 2.11 bits per heavy atom. The third-order valence-electron chi connectivity index (χ3n) is 4.68. The van der Waals surface area contributed by atoms with Gasteiger partial charge in [-0.15, -0.1) is 0 Å². The molecule has 3 amide bonds. The van der Waals surface area contributed by atoms with Gasteiger partial charge in [0, 0.05) is 37.4 Å². The summed E-state index contributed by atoms with van der Waals surface area (Å²) >= 11 is 0. The van der Waals surface area contributed by atoms with Crippen molar-refractivity contribution in [2.45, 2.75) is 6.92 Å². The van der Waals surface area contributed by atoms with Gasteiger partial charge in [-0.25, -0.2) is 9.59 Å². The Morgan fingerprint density at radius 2 is 1.50 bits per heavy atom. The molecule has 28 heavy (non-hydrogen) atoms. The molecule has 1 heterocycles. The van der Waals surface area contributed by atoms with E-state index in [4.69, 9.17) is 0 Å². The molecular weight excluding hydrogens is 358 g/mol. The van der Waals surface area contributed by atoms with Crippen molar-refractivity contribution < 1.29 is 19.1 Å². The predicted molar refractivity (Wildman–Crippen MR) is 105 cm³/mol. The first-order valence-electron chi connectivity index (χ1n) is 9.08. The number of esters is 1. The summed E-state index contributed by atoms with van der Waals surface area (Å²) in [6.45, 7) is 3.81. The Kier molecular flexibility index (Phi) is 5.93. The lowest BCUT2D eigenvalue weighted by molar-refractivity contribution is 0.0599. The van der Waals surface area contributed by atoms with Crippen LogP contribution in [0.4, 0.5) is 10.5 Å². The van der Waals surface area contributed by atoms with Crippen molar-refractivity contribution in [2.75, 3.05) is 38.6 Å². The summed E-state index contributed by atoms with van der Waals surface area (Å²) in [5.74, 6) is -0.553. The first kappa shape index (κ1) is 19.4. The number of hydrogen-bond donors (Lipinski definition) is 1. The lowest BCUT2D eigenvalue weighted by Crippen LogP contribution is -2.51. The molecule has 0 atom stereocenters. The Morgan fingerprint density at radius 1 is 0.893 bits per heavy atom. The zero-order valence-electron chi connectivity index (χ0n) is 16.0. The Balaban J connectivity index is 1.55. The first-order chi connectivity index (χ1) is 13.5. The van der Waals surface area contributed by atoms with E-state index in [0.717, 1.165) is 11.3 Å². The summed E-state index contributed by atoms with van der Waals surface area (Å²) in [4.78, 5) is 40.0. The van der Waals surface area contributed by atoms with E-state index < -0.39 is 5.97 Å². The fraction of sp³-hybridized carbons (Fsp3) is 0.286. The molecule has 2 aromatic carbocycles. The van der Waals surface area contributed by atoms with Gasteiger partial charge in [-0.3, -0.25) is 4.79 Å². The monoisotopic (exact) mass is 381 g/mol. The molecule has 7 heteroatoms. The largest absolute Gasteiger partial charge is 0.465 e. The van der Waals surface area contributed by atoms with Gasteiger partial charge in [-0.1, -0.05) is 12.1 Å². The summed E-state index contributed by atoms with van der Waals surface area (Å²) in [7, 11) is 1.32. The number of nitrogens with one attached hydrogen (secondary N) is 1. The number of amides is 3. The van der Waals surface area contributed by atoms with Crippen LogP contribution in [0.1, 0.15) is 26.3 Å².